The first kappa shape index (κ1) is 12.4. The van der Waals surface area contributed by atoms with E-state index in [1.54, 1.807) is 7.05 Å². The van der Waals surface area contributed by atoms with E-state index >= 15 is 0 Å². The highest BCUT2D eigenvalue weighted by molar-refractivity contribution is 4.88. The molecule has 1 aromatic heterocycles. The minimum Gasteiger partial charge on any atom is -0.271 e. The molecule has 1 aliphatic rings. The number of nitrogens with two attached hydrogens (primary N) is 1. The van der Waals surface area contributed by atoms with E-state index in [0.717, 1.165) is 12.2 Å². The monoisotopic (exact) mass is 238 g/mol. The lowest BCUT2D eigenvalue weighted by atomic mass is 9.90. The first-order chi connectivity index (χ1) is 8.29. The molecule has 0 saturated heterocycles. The Balaban J connectivity index is 1.95. The summed E-state index contributed by atoms with van der Waals surface area (Å²) in [6, 6.07) is 0.275. The normalized spacial score (nSPS) is 20.1. The molecule has 96 valence electrons. The predicted octanol–water partition coefficient (Wildman–Crippen LogP) is 0.555. The van der Waals surface area contributed by atoms with Crippen LogP contribution in [0.4, 0.5) is 0 Å². The van der Waals surface area contributed by atoms with Crippen molar-refractivity contribution in [2.45, 2.75) is 51.0 Å². The number of aromatic nitrogens is 4. The third-order valence-corrected chi connectivity index (χ3v) is 3.64. The highest BCUT2D eigenvalue weighted by Gasteiger charge is 2.23. The summed E-state index contributed by atoms with van der Waals surface area (Å²) >= 11 is 0. The Hall–Kier alpha value is -1.01. The molecule has 6 heteroatoms. The van der Waals surface area contributed by atoms with E-state index in [0.29, 0.717) is 5.92 Å². The van der Waals surface area contributed by atoms with Crippen molar-refractivity contribution in [3.05, 3.63) is 5.82 Å². The van der Waals surface area contributed by atoms with Gasteiger partial charge in [-0.25, -0.2) is 0 Å². The van der Waals surface area contributed by atoms with Gasteiger partial charge in [-0.3, -0.25) is 11.3 Å². The second kappa shape index (κ2) is 6.07. The van der Waals surface area contributed by atoms with Crippen LogP contribution in [-0.4, -0.2) is 26.2 Å². The van der Waals surface area contributed by atoms with Crippen molar-refractivity contribution in [1.29, 1.82) is 0 Å². The topological polar surface area (TPSA) is 81.7 Å². The molecule has 1 saturated carbocycles. The van der Waals surface area contributed by atoms with E-state index in [4.69, 9.17) is 5.84 Å². The van der Waals surface area contributed by atoms with Gasteiger partial charge in [-0.05, 0) is 24.0 Å². The lowest BCUT2D eigenvalue weighted by Gasteiger charge is -2.24. The molecular weight excluding hydrogens is 216 g/mol. The Morgan fingerprint density at radius 2 is 2.06 bits per heavy atom. The number of rotatable bonds is 4. The van der Waals surface area contributed by atoms with Crippen LogP contribution in [0.2, 0.25) is 0 Å². The largest absolute Gasteiger partial charge is 0.271 e. The maximum absolute atomic E-state index is 5.68. The van der Waals surface area contributed by atoms with Crippen molar-refractivity contribution < 1.29 is 0 Å². The Bertz CT molecular complexity index is 328. The average molecular weight is 238 g/mol. The third-order valence-electron chi connectivity index (χ3n) is 3.64. The minimum atomic E-state index is 0.275. The summed E-state index contributed by atoms with van der Waals surface area (Å²) < 4.78 is 0. The van der Waals surface area contributed by atoms with E-state index < -0.39 is 0 Å². The zero-order valence-electron chi connectivity index (χ0n) is 10.5. The minimum absolute atomic E-state index is 0.275. The van der Waals surface area contributed by atoms with Gasteiger partial charge in [0, 0.05) is 12.5 Å². The van der Waals surface area contributed by atoms with Crippen molar-refractivity contribution >= 4 is 0 Å². The van der Waals surface area contributed by atoms with Crippen LogP contribution in [0.15, 0.2) is 0 Å². The van der Waals surface area contributed by atoms with Gasteiger partial charge in [0.15, 0.2) is 5.82 Å². The van der Waals surface area contributed by atoms with Gasteiger partial charge in [0.25, 0.3) is 0 Å². The summed E-state index contributed by atoms with van der Waals surface area (Å²) in [5.74, 6) is 7.10. The van der Waals surface area contributed by atoms with Crippen LogP contribution in [0.3, 0.4) is 0 Å². The smallest absolute Gasteiger partial charge is 0.176 e. The maximum atomic E-state index is 5.68. The highest BCUT2D eigenvalue weighted by atomic mass is 15.6. The molecule has 1 aromatic rings. The van der Waals surface area contributed by atoms with E-state index in [-0.39, 0.29) is 6.04 Å². The predicted molar refractivity (Wildman–Crippen MR) is 64.8 cm³/mol. The van der Waals surface area contributed by atoms with Gasteiger partial charge in [-0.1, -0.05) is 25.7 Å². The second-order valence-corrected chi connectivity index (χ2v) is 4.92. The first-order valence-electron chi connectivity index (χ1n) is 6.48. The zero-order valence-corrected chi connectivity index (χ0v) is 10.5. The number of hydrazine groups is 1. The average Bonchev–Trinajstić information content (AvgIpc) is 2.58. The van der Waals surface area contributed by atoms with E-state index in [1.165, 1.54) is 43.3 Å². The molecule has 1 unspecified atom stereocenters. The summed E-state index contributed by atoms with van der Waals surface area (Å²) in [4.78, 5) is 1.50. The molecular formula is C11H22N6. The lowest BCUT2D eigenvalue weighted by Crippen LogP contribution is -2.42. The van der Waals surface area contributed by atoms with Crippen molar-refractivity contribution in [1.82, 2.24) is 25.6 Å². The molecule has 1 fully saturated rings. The number of hydrogen-bond acceptors (Lipinski definition) is 5. The molecule has 1 atom stereocenters. The van der Waals surface area contributed by atoms with Gasteiger partial charge in [0.1, 0.15) is 0 Å². The highest BCUT2D eigenvalue weighted by Crippen LogP contribution is 2.26. The van der Waals surface area contributed by atoms with Crippen LogP contribution in [0.5, 0.6) is 0 Å². The summed E-state index contributed by atoms with van der Waals surface area (Å²) in [6.45, 7) is 0. The number of nitrogens with zero attached hydrogens (tertiary/aromatic N) is 4. The first-order valence-corrected chi connectivity index (χ1v) is 6.48. The summed E-state index contributed by atoms with van der Waals surface area (Å²) in [5, 5.41) is 12.1. The summed E-state index contributed by atoms with van der Waals surface area (Å²) in [7, 11) is 1.78. The maximum Gasteiger partial charge on any atom is 0.176 e. The standard InChI is InChI=1S/C11H22N6/c1-17-15-11(14-16-17)8-10(13-12)9-6-4-2-3-5-7-9/h9-10,13H,2-8,12H2,1H3. The Kier molecular flexibility index (Phi) is 4.44. The van der Waals surface area contributed by atoms with E-state index in [1.807, 2.05) is 0 Å². The van der Waals surface area contributed by atoms with Gasteiger partial charge in [0.05, 0.1) is 7.05 Å². The van der Waals surface area contributed by atoms with Crippen LogP contribution in [0.25, 0.3) is 0 Å². The van der Waals surface area contributed by atoms with Crippen LogP contribution in [-0.2, 0) is 13.5 Å². The summed E-state index contributed by atoms with van der Waals surface area (Å²) in [6.07, 6.45) is 8.64. The van der Waals surface area contributed by atoms with Crippen molar-refractivity contribution in [3.8, 4) is 0 Å². The number of hydrogen-bond donors (Lipinski definition) is 2. The molecule has 1 heterocycles. The fourth-order valence-electron chi connectivity index (χ4n) is 2.68. The van der Waals surface area contributed by atoms with E-state index in [9.17, 15) is 0 Å². The molecule has 0 radical (unpaired) electrons. The van der Waals surface area contributed by atoms with Crippen molar-refractivity contribution in [2.75, 3.05) is 0 Å². The fourth-order valence-corrected chi connectivity index (χ4v) is 2.68. The van der Waals surface area contributed by atoms with Gasteiger partial charge in [-0.15, -0.1) is 10.2 Å². The van der Waals surface area contributed by atoms with Gasteiger partial charge >= 0.3 is 0 Å². The van der Waals surface area contributed by atoms with Gasteiger partial charge in [-0.2, -0.15) is 4.80 Å². The van der Waals surface area contributed by atoms with Crippen LogP contribution in [0, 0.1) is 5.92 Å². The number of nitrogens with one attached hydrogen (secondary N) is 1. The molecule has 2 rings (SSSR count). The molecule has 0 amide bonds. The van der Waals surface area contributed by atoms with Crippen molar-refractivity contribution in [3.63, 3.8) is 0 Å². The molecule has 3 N–H and O–H groups in total. The second-order valence-electron chi connectivity index (χ2n) is 4.92. The molecule has 0 aliphatic heterocycles. The lowest BCUT2D eigenvalue weighted by molar-refractivity contribution is 0.316. The molecule has 0 spiro atoms. The number of tetrazole rings is 1. The molecule has 17 heavy (non-hydrogen) atoms. The van der Waals surface area contributed by atoms with Gasteiger partial charge < -0.3 is 0 Å². The van der Waals surface area contributed by atoms with E-state index in [2.05, 4.69) is 20.8 Å². The summed E-state index contributed by atoms with van der Waals surface area (Å²) in [5.41, 5.74) is 2.94. The Morgan fingerprint density at radius 3 is 2.59 bits per heavy atom. The molecule has 1 aliphatic carbocycles. The van der Waals surface area contributed by atoms with Crippen LogP contribution in [0.1, 0.15) is 44.3 Å². The SMILES string of the molecule is Cn1nnc(CC(NN)C2CCCCCC2)n1. The quantitative estimate of drug-likeness (QED) is 0.455. The molecule has 6 nitrogen and oxygen atoms in total. The van der Waals surface area contributed by atoms with Crippen molar-refractivity contribution in [2.24, 2.45) is 18.8 Å². The van der Waals surface area contributed by atoms with Gasteiger partial charge in [0.2, 0.25) is 0 Å². The fraction of sp³-hybridized carbons (Fsp3) is 0.909. The Labute approximate surface area is 102 Å². The number of aryl methyl sites for hydroxylation is 1. The zero-order chi connectivity index (χ0) is 12.1. The van der Waals surface area contributed by atoms with Crippen LogP contribution >= 0.6 is 0 Å². The van der Waals surface area contributed by atoms with Crippen LogP contribution < -0.4 is 11.3 Å². The third kappa shape index (κ3) is 3.47. The molecule has 0 aromatic carbocycles. The Morgan fingerprint density at radius 1 is 1.35 bits per heavy atom. The molecule has 0 bridgehead atoms.